The molecule has 0 N–H and O–H groups in total. The lowest BCUT2D eigenvalue weighted by Crippen LogP contribution is -2.08. The first-order valence-corrected chi connectivity index (χ1v) is 8.67. The average molecular weight is 350 g/mol. The van der Waals surface area contributed by atoms with Gasteiger partial charge in [0.2, 0.25) is 0 Å². The maximum Gasteiger partial charge on any atom is 0.417 e. The zero-order chi connectivity index (χ0) is 18.6. The van der Waals surface area contributed by atoms with Crippen LogP contribution in [-0.4, -0.2) is 7.11 Å². The molecule has 0 saturated carbocycles. The van der Waals surface area contributed by atoms with Crippen LogP contribution in [-0.2, 0) is 19.0 Å². The highest BCUT2D eigenvalue weighted by atomic mass is 19.4. The van der Waals surface area contributed by atoms with Crippen molar-refractivity contribution in [2.45, 2.75) is 46.2 Å². The molecule has 0 aliphatic heterocycles. The molecule has 0 heterocycles. The van der Waals surface area contributed by atoms with Crippen LogP contribution in [0.3, 0.4) is 0 Å². The van der Waals surface area contributed by atoms with Crippen LogP contribution in [0.25, 0.3) is 11.1 Å². The van der Waals surface area contributed by atoms with Gasteiger partial charge in [-0.05, 0) is 53.1 Å². The van der Waals surface area contributed by atoms with E-state index < -0.39 is 11.7 Å². The maximum atomic E-state index is 13.5. The van der Waals surface area contributed by atoms with Crippen LogP contribution in [0.5, 0.6) is 5.75 Å². The van der Waals surface area contributed by atoms with Crippen molar-refractivity contribution in [3.8, 4) is 16.9 Å². The summed E-state index contributed by atoms with van der Waals surface area (Å²) in [6, 6.07) is 9.80. The second-order valence-electron chi connectivity index (χ2n) is 6.46. The summed E-state index contributed by atoms with van der Waals surface area (Å²) in [5.41, 5.74) is 2.46. The van der Waals surface area contributed by atoms with E-state index in [1.807, 2.05) is 19.1 Å². The second-order valence-corrected chi connectivity index (χ2v) is 6.46. The van der Waals surface area contributed by atoms with Crippen molar-refractivity contribution in [2.24, 2.45) is 5.92 Å². The summed E-state index contributed by atoms with van der Waals surface area (Å²) in [5, 5.41) is 0. The lowest BCUT2D eigenvalue weighted by molar-refractivity contribution is -0.137. The average Bonchev–Trinajstić information content (AvgIpc) is 2.60. The van der Waals surface area contributed by atoms with E-state index in [1.54, 1.807) is 12.1 Å². The number of hydrogen-bond donors (Lipinski definition) is 0. The molecule has 1 unspecified atom stereocenters. The standard InChI is InChI=1S/C21H25F3O/c1-5-14(3)11-16-7-8-17(12-15(16)6-2)19-10-9-18(25-4)13-20(19)21(22,23)24/h7-10,12-14H,5-6,11H2,1-4H3. The number of benzene rings is 2. The van der Waals surface area contributed by atoms with E-state index >= 15 is 0 Å². The fraction of sp³-hybridized carbons (Fsp3) is 0.429. The van der Waals surface area contributed by atoms with Gasteiger partial charge in [-0.2, -0.15) is 13.2 Å². The van der Waals surface area contributed by atoms with Gasteiger partial charge in [0.1, 0.15) is 5.75 Å². The number of ether oxygens (including phenoxy) is 1. The number of hydrogen-bond acceptors (Lipinski definition) is 1. The first kappa shape index (κ1) is 19.4. The minimum atomic E-state index is -4.42. The highest BCUT2D eigenvalue weighted by molar-refractivity contribution is 5.70. The molecule has 0 aliphatic carbocycles. The van der Waals surface area contributed by atoms with E-state index in [9.17, 15) is 13.2 Å². The SMILES string of the molecule is CCc1cc(-c2ccc(OC)cc2C(F)(F)F)ccc1CC(C)CC. The van der Waals surface area contributed by atoms with Gasteiger partial charge in [0.05, 0.1) is 12.7 Å². The third-order valence-corrected chi connectivity index (χ3v) is 4.70. The Morgan fingerprint density at radius 2 is 1.72 bits per heavy atom. The molecule has 2 aromatic rings. The molecular formula is C21H25F3O. The molecule has 2 rings (SSSR count). The van der Waals surface area contributed by atoms with Crippen molar-refractivity contribution >= 4 is 0 Å². The smallest absolute Gasteiger partial charge is 0.417 e. The van der Waals surface area contributed by atoms with Gasteiger partial charge in [0.15, 0.2) is 0 Å². The summed E-state index contributed by atoms with van der Waals surface area (Å²) in [6.45, 7) is 6.38. The molecule has 0 fully saturated rings. The summed E-state index contributed by atoms with van der Waals surface area (Å²) < 4.78 is 45.4. The van der Waals surface area contributed by atoms with Crippen molar-refractivity contribution < 1.29 is 17.9 Å². The van der Waals surface area contributed by atoms with E-state index in [2.05, 4.69) is 13.8 Å². The molecule has 0 amide bonds. The number of methoxy groups -OCH3 is 1. The van der Waals surface area contributed by atoms with Crippen molar-refractivity contribution in [3.05, 3.63) is 53.1 Å². The number of alkyl halides is 3. The fourth-order valence-corrected chi connectivity index (χ4v) is 2.98. The number of rotatable bonds is 6. The van der Waals surface area contributed by atoms with Crippen LogP contribution < -0.4 is 4.74 Å². The van der Waals surface area contributed by atoms with E-state index in [-0.39, 0.29) is 11.3 Å². The summed E-state index contributed by atoms with van der Waals surface area (Å²) >= 11 is 0. The van der Waals surface area contributed by atoms with Gasteiger partial charge in [-0.15, -0.1) is 0 Å². The molecule has 0 aromatic heterocycles. The lowest BCUT2D eigenvalue weighted by Gasteiger charge is -2.17. The van der Waals surface area contributed by atoms with Crippen LogP contribution >= 0.6 is 0 Å². The summed E-state index contributed by atoms with van der Waals surface area (Å²) in [5.74, 6) is 0.767. The zero-order valence-corrected chi connectivity index (χ0v) is 15.2. The minimum Gasteiger partial charge on any atom is -0.497 e. The third kappa shape index (κ3) is 4.56. The Morgan fingerprint density at radius 1 is 1.00 bits per heavy atom. The van der Waals surface area contributed by atoms with Crippen LogP contribution in [0.1, 0.15) is 43.9 Å². The van der Waals surface area contributed by atoms with E-state index in [0.717, 1.165) is 30.9 Å². The van der Waals surface area contributed by atoms with Crippen molar-refractivity contribution in [1.82, 2.24) is 0 Å². The van der Waals surface area contributed by atoms with Gasteiger partial charge in [-0.3, -0.25) is 0 Å². The zero-order valence-electron chi connectivity index (χ0n) is 15.2. The van der Waals surface area contributed by atoms with Gasteiger partial charge in [0, 0.05) is 0 Å². The molecule has 25 heavy (non-hydrogen) atoms. The van der Waals surface area contributed by atoms with Gasteiger partial charge in [-0.25, -0.2) is 0 Å². The summed E-state index contributed by atoms with van der Waals surface area (Å²) in [4.78, 5) is 0. The van der Waals surface area contributed by atoms with Crippen molar-refractivity contribution in [3.63, 3.8) is 0 Å². The largest absolute Gasteiger partial charge is 0.497 e. The van der Waals surface area contributed by atoms with Gasteiger partial charge >= 0.3 is 6.18 Å². The topological polar surface area (TPSA) is 9.23 Å². The van der Waals surface area contributed by atoms with Crippen molar-refractivity contribution in [2.75, 3.05) is 7.11 Å². The Labute approximate surface area is 147 Å². The monoisotopic (exact) mass is 350 g/mol. The fourth-order valence-electron chi connectivity index (χ4n) is 2.98. The molecule has 2 aromatic carbocycles. The molecule has 0 spiro atoms. The highest BCUT2D eigenvalue weighted by Gasteiger charge is 2.34. The number of aryl methyl sites for hydroxylation is 1. The highest BCUT2D eigenvalue weighted by Crippen LogP contribution is 2.39. The maximum absolute atomic E-state index is 13.5. The van der Waals surface area contributed by atoms with E-state index in [4.69, 9.17) is 4.74 Å². The quantitative estimate of drug-likeness (QED) is 0.575. The molecule has 0 saturated heterocycles. The molecular weight excluding hydrogens is 325 g/mol. The Balaban J connectivity index is 2.52. The second kappa shape index (κ2) is 7.94. The molecule has 0 aliphatic rings. The summed E-state index contributed by atoms with van der Waals surface area (Å²) in [7, 11) is 1.37. The molecule has 0 radical (unpaired) electrons. The van der Waals surface area contributed by atoms with Crippen LogP contribution in [0.4, 0.5) is 13.2 Å². The van der Waals surface area contributed by atoms with Crippen LogP contribution in [0, 0.1) is 5.92 Å². The molecule has 136 valence electrons. The van der Waals surface area contributed by atoms with Gasteiger partial charge in [-0.1, -0.05) is 51.5 Å². The number of halogens is 3. The predicted molar refractivity (Wildman–Crippen MR) is 96.0 cm³/mol. The molecule has 0 bridgehead atoms. The normalized spacial score (nSPS) is 12.9. The van der Waals surface area contributed by atoms with Gasteiger partial charge in [0.25, 0.3) is 0 Å². The van der Waals surface area contributed by atoms with Gasteiger partial charge < -0.3 is 4.74 Å². The summed E-state index contributed by atoms with van der Waals surface area (Å²) in [6.07, 6.45) is -1.58. The minimum absolute atomic E-state index is 0.193. The van der Waals surface area contributed by atoms with Crippen molar-refractivity contribution in [1.29, 1.82) is 0 Å². The Bertz CT molecular complexity index is 720. The molecule has 1 nitrogen and oxygen atoms in total. The Hall–Kier alpha value is -1.97. The first-order chi connectivity index (χ1) is 11.8. The Kier molecular flexibility index (Phi) is 6.15. The third-order valence-electron chi connectivity index (χ3n) is 4.70. The predicted octanol–water partition coefficient (Wildman–Crippen LogP) is 6.53. The first-order valence-electron chi connectivity index (χ1n) is 8.67. The van der Waals surface area contributed by atoms with Crippen LogP contribution in [0.15, 0.2) is 36.4 Å². The lowest BCUT2D eigenvalue weighted by atomic mass is 9.90. The van der Waals surface area contributed by atoms with E-state index in [0.29, 0.717) is 11.5 Å². The molecule has 1 atom stereocenters. The van der Waals surface area contributed by atoms with Crippen LogP contribution in [0.2, 0.25) is 0 Å². The van der Waals surface area contributed by atoms with E-state index in [1.165, 1.54) is 18.7 Å². The molecule has 4 heteroatoms. The Morgan fingerprint density at radius 3 is 2.28 bits per heavy atom.